The molecule has 0 spiro atoms. The van der Waals surface area contributed by atoms with Gasteiger partial charge >= 0.3 is 34.5 Å². The van der Waals surface area contributed by atoms with Crippen molar-refractivity contribution in [3.05, 3.63) is 71.5 Å². The van der Waals surface area contributed by atoms with Gasteiger partial charge in [0.05, 0.1) is 5.54 Å². The van der Waals surface area contributed by atoms with Crippen molar-refractivity contribution >= 4 is 25.1 Å². The van der Waals surface area contributed by atoms with Crippen molar-refractivity contribution in [1.82, 2.24) is 4.90 Å². The van der Waals surface area contributed by atoms with Crippen LogP contribution < -0.4 is 0 Å². The molecule has 1 aliphatic heterocycles. The van der Waals surface area contributed by atoms with Gasteiger partial charge in [0, 0.05) is 17.7 Å². The zero-order valence-corrected chi connectivity index (χ0v) is 22.6. The number of likely N-dealkylation sites (N-methyl/N-ethyl adjacent to an activating group) is 1. The third kappa shape index (κ3) is 6.51. The standard InChI is InChI=1S/C23H30N2O2.2ClH.Zn/c1-4-23(24(2)3,18-19-8-6-5-7-9-19)22(26)20-10-12-21(13-11-20)25-14-16-27-17-15-25;;;/h5-13H,4,14-18H2,1-3H3;2*1H;/q;;;+2/p-1. The topological polar surface area (TPSA) is 35.7 Å². The number of benzene rings is 1. The van der Waals surface area contributed by atoms with E-state index in [1.54, 1.807) is 0 Å². The monoisotopic (exact) mass is 501 g/mol. The fourth-order valence-electron chi connectivity index (χ4n) is 3.92. The van der Waals surface area contributed by atoms with Crippen molar-refractivity contribution in [2.24, 2.45) is 0 Å². The molecule has 1 aromatic carbocycles. The van der Waals surface area contributed by atoms with E-state index in [9.17, 15) is 5.11 Å². The minimum absolute atomic E-state index is 0.429. The molecule has 0 bridgehead atoms. The van der Waals surface area contributed by atoms with E-state index in [0.717, 1.165) is 44.7 Å². The molecule has 4 nitrogen and oxygen atoms in total. The van der Waals surface area contributed by atoms with Gasteiger partial charge in [-0.05, 0) is 44.7 Å². The first-order valence-electron chi connectivity index (χ1n) is 10.3. The molecular weight excluding hydrogens is 473 g/mol. The summed E-state index contributed by atoms with van der Waals surface area (Å²) in [5.41, 5.74) is 2.87. The van der Waals surface area contributed by atoms with E-state index in [-0.39, 0.29) is 0 Å². The molecule has 1 N–H and O–H groups in total. The van der Waals surface area contributed by atoms with Crippen LogP contribution >= 0.6 is 19.4 Å². The first-order valence-corrected chi connectivity index (χ1v) is 18.1. The Bertz CT molecular complexity index is 781. The molecule has 0 saturated carbocycles. The average Bonchev–Trinajstić information content (AvgIpc) is 2.79. The zero-order valence-electron chi connectivity index (χ0n) is 18.2. The molecule has 160 valence electrons. The summed E-state index contributed by atoms with van der Waals surface area (Å²) >= 11 is -0.931. The van der Waals surface area contributed by atoms with Crippen LogP contribution in [-0.2, 0) is 26.3 Å². The van der Waals surface area contributed by atoms with Gasteiger partial charge in [-0.3, -0.25) is 4.90 Å². The fraction of sp³-hybridized carbons (Fsp3) is 0.435. The summed E-state index contributed by atoms with van der Waals surface area (Å²) in [7, 11) is 14.0. The van der Waals surface area contributed by atoms with E-state index in [2.05, 4.69) is 52.8 Å². The molecule has 1 atom stereocenters. The molecule has 1 saturated heterocycles. The third-order valence-corrected chi connectivity index (χ3v) is 5.74. The number of nitrogens with zero attached hydrogens (tertiary/aromatic N) is 2. The van der Waals surface area contributed by atoms with Crippen molar-refractivity contribution in [2.45, 2.75) is 25.3 Å². The number of ether oxygens (including phenoxy) is 1. The first kappa shape index (κ1) is 25.3. The molecule has 1 fully saturated rings. The SMILES string of the molecule is CCC(Cc1ccccc1)(C(O)=C1C=CC(=[N+]2CCOCC2)C=C1)N(C)C.[Cl][Zn][Cl]. The number of allylic oxidation sites excluding steroid dienone is 5. The minimum atomic E-state index is -0.931. The van der Waals surface area contributed by atoms with Crippen LogP contribution in [0, 0.1) is 0 Å². The Morgan fingerprint density at radius 1 is 1.10 bits per heavy atom. The summed E-state index contributed by atoms with van der Waals surface area (Å²) in [6, 6.07) is 10.4. The number of morpholine rings is 1. The van der Waals surface area contributed by atoms with Gasteiger partial charge in [-0.2, -0.15) is 0 Å². The first-order chi connectivity index (χ1) is 14.5. The Kier molecular flexibility index (Phi) is 10.8. The average molecular weight is 504 g/mol. The molecule has 2 aliphatic rings. The summed E-state index contributed by atoms with van der Waals surface area (Å²) in [5, 5.41) is 11.3. The van der Waals surface area contributed by atoms with E-state index in [1.165, 1.54) is 11.3 Å². The molecule has 30 heavy (non-hydrogen) atoms. The Morgan fingerprint density at radius 3 is 2.17 bits per heavy atom. The van der Waals surface area contributed by atoms with Crippen LogP contribution in [-0.4, -0.2) is 66.2 Å². The molecule has 0 radical (unpaired) electrons. The van der Waals surface area contributed by atoms with E-state index in [0.29, 0.717) is 5.76 Å². The Labute approximate surface area is 196 Å². The second-order valence-corrected chi connectivity index (χ2v) is 12.2. The second kappa shape index (κ2) is 12.8. The van der Waals surface area contributed by atoms with Crippen molar-refractivity contribution in [2.75, 3.05) is 40.4 Å². The quantitative estimate of drug-likeness (QED) is 0.358. The molecular formula is C23H31Cl2N2O2Zn+. The van der Waals surface area contributed by atoms with Gasteiger partial charge in [0.15, 0.2) is 18.8 Å². The van der Waals surface area contributed by atoms with Crippen molar-refractivity contribution in [1.29, 1.82) is 0 Å². The van der Waals surface area contributed by atoms with Gasteiger partial charge in [0.2, 0.25) is 0 Å². The van der Waals surface area contributed by atoms with Gasteiger partial charge in [-0.25, -0.2) is 4.58 Å². The summed E-state index contributed by atoms with van der Waals surface area (Å²) in [5.74, 6) is 0.437. The second-order valence-electron chi connectivity index (χ2n) is 7.54. The number of rotatable bonds is 5. The predicted octanol–water partition coefficient (Wildman–Crippen LogP) is 4.74. The Morgan fingerprint density at radius 2 is 1.67 bits per heavy atom. The summed E-state index contributed by atoms with van der Waals surface area (Å²) in [4.78, 5) is 2.14. The van der Waals surface area contributed by atoms with Crippen molar-refractivity contribution in [3.8, 4) is 0 Å². The number of halogens is 2. The maximum absolute atomic E-state index is 11.3. The fourth-order valence-corrected chi connectivity index (χ4v) is 3.92. The van der Waals surface area contributed by atoms with Gasteiger partial charge < -0.3 is 9.84 Å². The van der Waals surface area contributed by atoms with E-state index < -0.39 is 20.7 Å². The summed E-state index contributed by atoms with van der Waals surface area (Å²) in [6.45, 7) is 5.52. The van der Waals surface area contributed by atoms with Gasteiger partial charge in [-0.1, -0.05) is 37.3 Å². The van der Waals surface area contributed by atoms with Gasteiger partial charge in [0.25, 0.3) is 0 Å². The predicted molar refractivity (Wildman–Crippen MR) is 122 cm³/mol. The van der Waals surface area contributed by atoms with Crippen LogP contribution in [0.3, 0.4) is 0 Å². The van der Waals surface area contributed by atoms with Crippen molar-refractivity contribution in [3.63, 3.8) is 0 Å². The number of aliphatic hydroxyl groups excluding tert-OH is 1. The van der Waals surface area contributed by atoms with Crippen LogP contribution in [0.2, 0.25) is 0 Å². The normalized spacial score (nSPS) is 17.9. The van der Waals surface area contributed by atoms with E-state index in [1.807, 2.05) is 32.3 Å². The molecule has 1 unspecified atom stereocenters. The van der Waals surface area contributed by atoms with Crippen LogP contribution in [0.5, 0.6) is 0 Å². The number of aliphatic hydroxyl groups is 1. The zero-order chi connectivity index (χ0) is 22.0. The Hall–Kier alpha value is -0.967. The molecule has 1 aromatic rings. The third-order valence-electron chi connectivity index (χ3n) is 5.74. The summed E-state index contributed by atoms with van der Waals surface area (Å²) in [6.07, 6.45) is 9.89. The van der Waals surface area contributed by atoms with Crippen LogP contribution in [0.4, 0.5) is 0 Å². The molecule has 1 heterocycles. The van der Waals surface area contributed by atoms with Crippen LogP contribution in [0.15, 0.2) is 66.0 Å². The maximum atomic E-state index is 11.3. The van der Waals surface area contributed by atoms with Gasteiger partial charge in [-0.15, -0.1) is 0 Å². The number of hydrogen-bond donors (Lipinski definition) is 1. The Balaban J connectivity index is 0.00000101. The molecule has 0 amide bonds. The molecule has 0 aromatic heterocycles. The van der Waals surface area contributed by atoms with Crippen molar-refractivity contribution < 1.29 is 29.6 Å². The summed E-state index contributed by atoms with van der Waals surface area (Å²) < 4.78 is 7.76. The van der Waals surface area contributed by atoms with E-state index in [4.69, 9.17) is 24.1 Å². The van der Waals surface area contributed by atoms with E-state index >= 15 is 0 Å². The van der Waals surface area contributed by atoms with Crippen LogP contribution in [0.1, 0.15) is 18.9 Å². The van der Waals surface area contributed by atoms with Gasteiger partial charge in [0.1, 0.15) is 19.0 Å². The molecule has 1 aliphatic carbocycles. The van der Waals surface area contributed by atoms with Crippen LogP contribution in [0.25, 0.3) is 0 Å². The molecule has 3 rings (SSSR count). The number of hydrogen-bond acceptors (Lipinski definition) is 3. The molecule has 7 heteroatoms.